The molecule has 1 aliphatic carbocycles. The van der Waals surface area contributed by atoms with Gasteiger partial charge in [-0.1, -0.05) is 24.3 Å². The van der Waals surface area contributed by atoms with Crippen molar-refractivity contribution in [2.24, 2.45) is 0 Å². The van der Waals surface area contributed by atoms with E-state index in [-0.39, 0.29) is 0 Å². The molecule has 1 unspecified atom stereocenters. The number of rotatable bonds is 2. The summed E-state index contributed by atoms with van der Waals surface area (Å²) in [6.45, 7) is 0. The van der Waals surface area contributed by atoms with Gasteiger partial charge >= 0.3 is 0 Å². The van der Waals surface area contributed by atoms with E-state index in [9.17, 15) is 9.50 Å². The Bertz CT molecular complexity index is 639. The van der Waals surface area contributed by atoms with Crippen molar-refractivity contribution in [3.8, 4) is 5.75 Å². The number of aryl methyl sites for hydroxylation is 1. The number of aliphatic hydroxyl groups is 1. The van der Waals surface area contributed by atoms with E-state index in [4.69, 9.17) is 4.74 Å². The van der Waals surface area contributed by atoms with Crippen molar-refractivity contribution in [1.29, 1.82) is 0 Å². The molecule has 3 heteroatoms. The van der Waals surface area contributed by atoms with Crippen molar-refractivity contribution in [1.82, 2.24) is 0 Å². The van der Waals surface area contributed by atoms with Crippen LogP contribution < -0.4 is 4.74 Å². The molecule has 0 spiro atoms. The Balaban J connectivity index is 2.14. The lowest BCUT2D eigenvalue weighted by molar-refractivity contribution is 0.0578. The summed E-state index contributed by atoms with van der Waals surface area (Å²) >= 11 is 0. The van der Waals surface area contributed by atoms with Gasteiger partial charge in [0, 0.05) is 11.6 Å². The van der Waals surface area contributed by atoms with Gasteiger partial charge in [0.2, 0.25) is 0 Å². The molecule has 104 valence electrons. The highest BCUT2D eigenvalue weighted by atomic mass is 19.1. The average Bonchev–Trinajstić information content (AvgIpc) is 2.47. The highest BCUT2D eigenvalue weighted by Crippen LogP contribution is 2.41. The van der Waals surface area contributed by atoms with E-state index in [1.165, 1.54) is 13.2 Å². The molecule has 0 amide bonds. The summed E-state index contributed by atoms with van der Waals surface area (Å²) in [7, 11) is 1.50. The normalized spacial score (nSPS) is 21.4. The van der Waals surface area contributed by atoms with Crippen molar-refractivity contribution >= 4 is 0 Å². The second kappa shape index (κ2) is 4.91. The summed E-state index contributed by atoms with van der Waals surface area (Å²) in [5, 5.41) is 11.1. The topological polar surface area (TPSA) is 29.5 Å². The lowest BCUT2D eigenvalue weighted by Crippen LogP contribution is -2.32. The molecule has 0 bridgehead atoms. The largest absolute Gasteiger partial charge is 0.497 e. The highest BCUT2D eigenvalue weighted by molar-refractivity contribution is 5.44. The van der Waals surface area contributed by atoms with Gasteiger partial charge in [-0.2, -0.15) is 0 Å². The fourth-order valence-electron chi connectivity index (χ4n) is 3.05. The Hall–Kier alpha value is -1.87. The van der Waals surface area contributed by atoms with Gasteiger partial charge in [-0.15, -0.1) is 0 Å². The number of benzene rings is 2. The molecular weight excluding hydrogens is 255 g/mol. The molecule has 1 N–H and O–H groups in total. The van der Waals surface area contributed by atoms with Gasteiger partial charge in [0.1, 0.15) is 17.2 Å². The summed E-state index contributed by atoms with van der Waals surface area (Å²) < 4.78 is 19.3. The van der Waals surface area contributed by atoms with E-state index in [0.29, 0.717) is 17.7 Å². The van der Waals surface area contributed by atoms with Crippen LogP contribution >= 0.6 is 0 Å². The highest BCUT2D eigenvalue weighted by Gasteiger charge is 2.37. The second-order valence-electron chi connectivity index (χ2n) is 5.22. The van der Waals surface area contributed by atoms with Crippen molar-refractivity contribution in [2.45, 2.75) is 24.9 Å². The SMILES string of the molecule is COc1ccc(C2(O)CCCc3ccccc32)c(F)c1. The van der Waals surface area contributed by atoms with Crippen LogP contribution in [0.3, 0.4) is 0 Å². The quantitative estimate of drug-likeness (QED) is 0.908. The van der Waals surface area contributed by atoms with Crippen molar-refractivity contribution in [3.63, 3.8) is 0 Å². The van der Waals surface area contributed by atoms with Crippen LogP contribution in [0.1, 0.15) is 29.5 Å². The summed E-state index contributed by atoms with van der Waals surface area (Å²) in [6.07, 6.45) is 2.31. The molecule has 2 nitrogen and oxygen atoms in total. The summed E-state index contributed by atoms with van der Waals surface area (Å²) in [5.74, 6) is 0.0301. The molecule has 1 aliphatic rings. The number of ether oxygens (including phenoxy) is 1. The maximum atomic E-state index is 14.3. The van der Waals surface area contributed by atoms with Crippen LogP contribution in [0, 0.1) is 5.82 Å². The number of halogens is 1. The van der Waals surface area contributed by atoms with Crippen LogP contribution in [0.25, 0.3) is 0 Å². The lowest BCUT2D eigenvalue weighted by Gasteiger charge is -2.35. The molecule has 2 aromatic rings. The zero-order valence-corrected chi connectivity index (χ0v) is 11.4. The van der Waals surface area contributed by atoms with Crippen LogP contribution in [-0.4, -0.2) is 12.2 Å². The van der Waals surface area contributed by atoms with E-state index < -0.39 is 11.4 Å². The monoisotopic (exact) mass is 272 g/mol. The molecule has 3 rings (SSSR count). The molecule has 1 atom stereocenters. The fourth-order valence-corrected chi connectivity index (χ4v) is 3.05. The van der Waals surface area contributed by atoms with Crippen LogP contribution in [0.2, 0.25) is 0 Å². The molecule has 0 aromatic heterocycles. The van der Waals surface area contributed by atoms with Crippen LogP contribution in [0.5, 0.6) is 5.75 Å². The van der Waals surface area contributed by atoms with Gasteiger partial charge in [0.15, 0.2) is 0 Å². The Morgan fingerprint density at radius 3 is 2.70 bits per heavy atom. The van der Waals surface area contributed by atoms with Gasteiger partial charge < -0.3 is 9.84 Å². The molecule has 0 heterocycles. The summed E-state index contributed by atoms with van der Waals surface area (Å²) in [5.41, 5.74) is 0.989. The third-order valence-corrected chi connectivity index (χ3v) is 4.07. The lowest BCUT2D eigenvalue weighted by atomic mass is 9.75. The molecule has 0 radical (unpaired) electrons. The molecule has 0 aliphatic heterocycles. The van der Waals surface area contributed by atoms with Gasteiger partial charge in [-0.3, -0.25) is 0 Å². The molecule has 20 heavy (non-hydrogen) atoms. The maximum Gasteiger partial charge on any atom is 0.133 e. The molecule has 0 saturated carbocycles. The van der Waals surface area contributed by atoms with Gasteiger partial charge in [0.05, 0.1) is 7.11 Å². The predicted molar refractivity (Wildman–Crippen MR) is 75.3 cm³/mol. The Morgan fingerprint density at radius 2 is 1.95 bits per heavy atom. The van der Waals surface area contributed by atoms with E-state index in [2.05, 4.69) is 0 Å². The Kier molecular flexibility index (Phi) is 3.22. The van der Waals surface area contributed by atoms with Crippen molar-refractivity contribution < 1.29 is 14.2 Å². The Morgan fingerprint density at radius 1 is 1.15 bits per heavy atom. The summed E-state index contributed by atoms with van der Waals surface area (Å²) in [4.78, 5) is 0. The number of fused-ring (bicyclic) bond motifs is 1. The molecule has 0 saturated heterocycles. The zero-order valence-electron chi connectivity index (χ0n) is 11.4. The standard InChI is InChI=1S/C17H17FO2/c1-20-13-8-9-15(16(18)11-13)17(19)10-4-6-12-5-2-3-7-14(12)17/h2-3,5,7-9,11,19H,4,6,10H2,1H3. The molecule has 2 aromatic carbocycles. The summed E-state index contributed by atoms with van der Waals surface area (Å²) in [6, 6.07) is 12.4. The fraction of sp³-hybridized carbons (Fsp3) is 0.294. The van der Waals surface area contributed by atoms with E-state index in [0.717, 1.165) is 24.0 Å². The van der Waals surface area contributed by atoms with Gasteiger partial charge in [0.25, 0.3) is 0 Å². The number of hydrogen-bond donors (Lipinski definition) is 1. The Labute approximate surface area is 117 Å². The third kappa shape index (κ3) is 1.98. The van der Waals surface area contributed by atoms with Gasteiger partial charge in [-0.05, 0) is 42.5 Å². The smallest absolute Gasteiger partial charge is 0.133 e. The minimum Gasteiger partial charge on any atom is -0.497 e. The van der Waals surface area contributed by atoms with Crippen LogP contribution in [0.4, 0.5) is 4.39 Å². The minimum atomic E-state index is -1.24. The molecule has 0 fully saturated rings. The first-order valence-corrected chi connectivity index (χ1v) is 6.80. The second-order valence-corrected chi connectivity index (χ2v) is 5.22. The van der Waals surface area contributed by atoms with E-state index in [1.807, 2.05) is 24.3 Å². The van der Waals surface area contributed by atoms with E-state index >= 15 is 0 Å². The minimum absolute atomic E-state index is 0.324. The maximum absolute atomic E-state index is 14.3. The number of methoxy groups -OCH3 is 1. The first-order chi connectivity index (χ1) is 9.65. The van der Waals surface area contributed by atoms with Crippen molar-refractivity contribution in [2.75, 3.05) is 7.11 Å². The predicted octanol–water partition coefficient (Wildman–Crippen LogP) is 3.41. The van der Waals surface area contributed by atoms with Crippen molar-refractivity contribution in [3.05, 3.63) is 65.0 Å². The number of hydrogen-bond acceptors (Lipinski definition) is 2. The first kappa shape index (κ1) is 13.1. The van der Waals surface area contributed by atoms with Gasteiger partial charge in [-0.25, -0.2) is 4.39 Å². The average molecular weight is 272 g/mol. The third-order valence-electron chi connectivity index (χ3n) is 4.07. The van der Waals surface area contributed by atoms with E-state index in [1.54, 1.807) is 12.1 Å². The van der Waals surface area contributed by atoms with Crippen LogP contribution in [-0.2, 0) is 12.0 Å². The zero-order chi connectivity index (χ0) is 14.2. The van der Waals surface area contributed by atoms with Crippen LogP contribution in [0.15, 0.2) is 42.5 Å². The first-order valence-electron chi connectivity index (χ1n) is 6.80. The molecular formula is C17H17FO2.